The van der Waals surface area contributed by atoms with Gasteiger partial charge in [-0.1, -0.05) is 17.7 Å². The lowest BCUT2D eigenvalue weighted by atomic mass is 10.3. The Labute approximate surface area is 118 Å². The molecule has 18 heavy (non-hydrogen) atoms. The second-order valence-electron chi connectivity index (χ2n) is 3.52. The predicted molar refractivity (Wildman–Crippen MR) is 75.1 cm³/mol. The van der Waals surface area contributed by atoms with Crippen LogP contribution in [-0.2, 0) is 6.54 Å². The standard InChI is InChI=1S/C12H11BrClN3O/c1-18-11-4-2-3-9(17-11)7-15-10-5-8(13)6-16-12(10)14/h2-6,15H,7H2,1H3. The van der Waals surface area contributed by atoms with E-state index in [0.29, 0.717) is 17.6 Å². The zero-order valence-corrected chi connectivity index (χ0v) is 12.0. The van der Waals surface area contributed by atoms with Gasteiger partial charge in [0.25, 0.3) is 0 Å². The molecule has 0 saturated carbocycles. The lowest BCUT2D eigenvalue weighted by molar-refractivity contribution is 0.396. The van der Waals surface area contributed by atoms with Gasteiger partial charge >= 0.3 is 0 Å². The Bertz CT molecular complexity index is 551. The molecule has 1 N–H and O–H groups in total. The summed E-state index contributed by atoms with van der Waals surface area (Å²) in [6.07, 6.45) is 1.65. The lowest BCUT2D eigenvalue weighted by Gasteiger charge is -2.08. The van der Waals surface area contributed by atoms with Crippen LogP contribution < -0.4 is 10.1 Å². The largest absolute Gasteiger partial charge is 0.481 e. The van der Waals surface area contributed by atoms with E-state index >= 15 is 0 Å². The Balaban J connectivity index is 2.08. The number of aromatic nitrogens is 2. The van der Waals surface area contributed by atoms with Gasteiger partial charge in [-0.3, -0.25) is 0 Å². The third kappa shape index (κ3) is 3.34. The number of nitrogens with one attached hydrogen (secondary N) is 1. The highest BCUT2D eigenvalue weighted by Crippen LogP contribution is 2.23. The maximum Gasteiger partial charge on any atom is 0.213 e. The average molecular weight is 329 g/mol. The highest BCUT2D eigenvalue weighted by atomic mass is 79.9. The van der Waals surface area contributed by atoms with E-state index in [-0.39, 0.29) is 0 Å². The first kappa shape index (κ1) is 13.1. The molecule has 0 aliphatic rings. The molecule has 0 radical (unpaired) electrons. The number of anilines is 1. The molecule has 0 unspecified atom stereocenters. The summed E-state index contributed by atoms with van der Waals surface area (Å²) in [5.41, 5.74) is 1.63. The van der Waals surface area contributed by atoms with Crippen molar-refractivity contribution in [3.8, 4) is 5.88 Å². The number of hydrogen-bond donors (Lipinski definition) is 1. The Hall–Kier alpha value is -1.33. The van der Waals surface area contributed by atoms with Crippen molar-refractivity contribution in [2.45, 2.75) is 6.54 Å². The highest BCUT2D eigenvalue weighted by Gasteiger charge is 2.03. The van der Waals surface area contributed by atoms with Gasteiger partial charge in [-0.2, -0.15) is 0 Å². The molecule has 2 heterocycles. The molecule has 0 fully saturated rings. The molecule has 2 aromatic heterocycles. The van der Waals surface area contributed by atoms with Crippen molar-refractivity contribution in [2.75, 3.05) is 12.4 Å². The van der Waals surface area contributed by atoms with Crippen molar-refractivity contribution in [1.82, 2.24) is 9.97 Å². The summed E-state index contributed by atoms with van der Waals surface area (Å²) in [6.45, 7) is 0.551. The maximum atomic E-state index is 5.98. The van der Waals surface area contributed by atoms with E-state index in [9.17, 15) is 0 Å². The van der Waals surface area contributed by atoms with Crippen LogP contribution in [0.1, 0.15) is 5.69 Å². The number of methoxy groups -OCH3 is 1. The van der Waals surface area contributed by atoms with E-state index in [0.717, 1.165) is 15.9 Å². The van der Waals surface area contributed by atoms with Gasteiger partial charge in [0, 0.05) is 16.7 Å². The van der Waals surface area contributed by atoms with Gasteiger partial charge in [0.15, 0.2) is 5.15 Å². The van der Waals surface area contributed by atoms with Crippen molar-refractivity contribution in [1.29, 1.82) is 0 Å². The van der Waals surface area contributed by atoms with Crippen molar-refractivity contribution in [3.63, 3.8) is 0 Å². The van der Waals surface area contributed by atoms with Crippen LogP contribution in [0.25, 0.3) is 0 Å². The minimum Gasteiger partial charge on any atom is -0.481 e. The molecule has 0 atom stereocenters. The van der Waals surface area contributed by atoms with E-state index in [1.54, 1.807) is 19.4 Å². The second kappa shape index (κ2) is 6.02. The molecule has 0 aliphatic heterocycles. The summed E-state index contributed by atoms with van der Waals surface area (Å²) < 4.78 is 5.93. The molecule has 2 rings (SSSR count). The minimum atomic E-state index is 0.432. The Morgan fingerprint density at radius 3 is 3.06 bits per heavy atom. The van der Waals surface area contributed by atoms with Crippen molar-refractivity contribution >= 4 is 33.2 Å². The summed E-state index contributed by atoms with van der Waals surface area (Å²) in [7, 11) is 1.59. The van der Waals surface area contributed by atoms with Crippen LogP contribution in [0.3, 0.4) is 0 Å². The average Bonchev–Trinajstić information content (AvgIpc) is 2.40. The third-order valence-electron chi connectivity index (χ3n) is 2.26. The zero-order valence-electron chi connectivity index (χ0n) is 9.65. The molecule has 0 spiro atoms. The summed E-state index contributed by atoms with van der Waals surface area (Å²) in [6, 6.07) is 7.48. The summed E-state index contributed by atoms with van der Waals surface area (Å²) >= 11 is 9.33. The van der Waals surface area contributed by atoms with E-state index < -0.39 is 0 Å². The first-order chi connectivity index (χ1) is 8.69. The number of ether oxygens (including phenoxy) is 1. The van der Waals surface area contributed by atoms with Crippen LogP contribution in [0.2, 0.25) is 5.15 Å². The molecule has 0 bridgehead atoms. The van der Waals surface area contributed by atoms with Gasteiger partial charge in [0.05, 0.1) is 25.0 Å². The molecule has 4 nitrogen and oxygen atoms in total. The van der Waals surface area contributed by atoms with E-state index in [1.807, 2.05) is 18.2 Å². The Morgan fingerprint density at radius 1 is 1.44 bits per heavy atom. The second-order valence-corrected chi connectivity index (χ2v) is 4.79. The molecule has 94 valence electrons. The van der Waals surface area contributed by atoms with E-state index in [2.05, 4.69) is 31.2 Å². The SMILES string of the molecule is COc1cccc(CNc2cc(Br)cnc2Cl)n1. The fourth-order valence-corrected chi connectivity index (χ4v) is 1.90. The van der Waals surface area contributed by atoms with Crippen molar-refractivity contribution < 1.29 is 4.74 Å². The predicted octanol–water partition coefficient (Wildman–Crippen LogP) is 3.51. The fraction of sp³-hybridized carbons (Fsp3) is 0.167. The van der Waals surface area contributed by atoms with Gasteiger partial charge in [-0.25, -0.2) is 9.97 Å². The van der Waals surface area contributed by atoms with Gasteiger partial charge in [0.1, 0.15) is 0 Å². The quantitative estimate of drug-likeness (QED) is 0.873. The maximum absolute atomic E-state index is 5.98. The molecular formula is C12H11BrClN3O. The topological polar surface area (TPSA) is 47.0 Å². The number of nitrogens with zero attached hydrogens (tertiary/aromatic N) is 2. The molecular weight excluding hydrogens is 318 g/mol. The molecule has 0 aliphatic carbocycles. The van der Waals surface area contributed by atoms with Gasteiger partial charge in [-0.15, -0.1) is 0 Å². The number of pyridine rings is 2. The first-order valence-electron chi connectivity index (χ1n) is 5.24. The molecule has 0 amide bonds. The van der Waals surface area contributed by atoms with E-state index in [4.69, 9.17) is 16.3 Å². The van der Waals surface area contributed by atoms with E-state index in [1.165, 1.54) is 0 Å². The number of rotatable bonds is 4. The normalized spacial score (nSPS) is 10.2. The number of hydrogen-bond acceptors (Lipinski definition) is 4. The van der Waals surface area contributed by atoms with Gasteiger partial charge in [0.2, 0.25) is 5.88 Å². The summed E-state index contributed by atoms with van der Waals surface area (Å²) in [5, 5.41) is 3.61. The lowest BCUT2D eigenvalue weighted by Crippen LogP contribution is -2.03. The van der Waals surface area contributed by atoms with Gasteiger partial charge < -0.3 is 10.1 Å². The summed E-state index contributed by atoms with van der Waals surface area (Å²) in [4.78, 5) is 8.33. The molecule has 0 saturated heterocycles. The van der Waals surface area contributed by atoms with Crippen LogP contribution >= 0.6 is 27.5 Å². The van der Waals surface area contributed by atoms with Crippen LogP contribution in [0.4, 0.5) is 5.69 Å². The van der Waals surface area contributed by atoms with Crippen LogP contribution in [0.15, 0.2) is 34.9 Å². The van der Waals surface area contributed by atoms with Crippen LogP contribution in [-0.4, -0.2) is 17.1 Å². The van der Waals surface area contributed by atoms with Crippen LogP contribution in [0, 0.1) is 0 Å². The van der Waals surface area contributed by atoms with Crippen molar-refractivity contribution in [2.24, 2.45) is 0 Å². The minimum absolute atomic E-state index is 0.432. The van der Waals surface area contributed by atoms with Crippen molar-refractivity contribution in [3.05, 3.63) is 45.8 Å². The highest BCUT2D eigenvalue weighted by molar-refractivity contribution is 9.10. The molecule has 6 heteroatoms. The number of halogens is 2. The molecule has 2 aromatic rings. The Morgan fingerprint density at radius 2 is 2.28 bits per heavy atom. The summed E-state index contributed by atoms with van der Waals surface area (Å²) in [5.74, 6) is 0.591. The monoisotopic (exact) mass is 327 g/mol. The zero-order chi connectivity index (χ0) is 13.0. The van der Waals surface area contributed by atoms with Gasteiger partial charge in [-0.05, 0) is 28.1 Å². The van der Waals surface area contributed by atoms with Crippen LogP contribution in [0.5, 0.6) is 5.88 Å². The molecule has 0 aromatic carbocycles. The third-order valence-corrected chi connectivity index (χ3v) is 2.99. The Kier molecular flexibility index (Phi) is 4.38. The first-order valence-corrected chi connectivity index (χ1v) is 6.41. The smallest absolute Gasteiger partial charge is 0.213 e. The fourth-order valence-electron chi connectivity index (χ4n) is 1.40.